The molecule has 4 N–H and O–H groups in total. The van der Waals surface area contributed by atoms with Crippen molar-refractivity contribution >= 4 is 25.7 Å². The zero-order valence-corrected chi connectivity index (χ0v) is 35.2. The molecule has 3 atom stereocenters. The number of esters is 2. The fourth-order valence-electron chi connectivity index (χ4n) is 6.06. The van der Waals surface area contributed by atoms with Gasteiger partial charge in [-0.2, -0.15) is 0 Å². The van der Waals surface area contributed by atoms with Gasteiger partial charge in [-0.15, -0.1) is 0 Å². The summed E-state index contributed by atoms with van der Waals surface area (Å²) >= 11 is 0. The molecule has 0 saturated heterocycles. The number of carboxylic acid groups (broad SMARTS) is 1. The van der Waals surface area contributed by atoms with E-state index >= 15 is 0 Å². The van der Waals surface area contributed by atoms with Crippen LogP contribution in [0.2, 0.25) is 0 Å². The number of carbonyl (C=O) groups is 3. The van der Waals surface area contributed by atoms with Crippen LogP contribution < -0.4 is 5.73 Å². The van der Waals surface area contributed by atoms with Gasteiger partial charge in [0.2, 0.25) is 0 Å². The Morgan fingerprint density at radius 3 is 1.35 bits per heavy atom. The second-order valence-electron chi connectivity index (χ2n) is 14.8. The van der Waals surface area contributed by atoms with Gasteiger partial charge in [0.25, 0.3) is 0 Å². The van der Waals surface area contributed by atoms with Gasteiger partial charge >= 0.3 is 25.7 Å². The maximum Gasteiger partial charge on any atom is 0.472 e. The van der Waals surface area contributed by atoms with Gasteiger partial charge in [0.05, 0.1) is 13.2 Å². The second-order valence-corrected chi connectivity index (χ2v) is 16.3. The first-order chi connectivity index (χ1) is 26.1. The summed E-state index contributed by atoms with van der Waals surface area (Å²) in [4.78, 5) is 45.9. The standard InChI is InChI=1S/C42H80NO10P/c1-3-5-7-9-11-13-15-17-19-21-23-25-27-29-31-33-40(44)50-35-38(36-51-54(48,49)52-37-39(43)42(46)47)53-41(45)34-32-30-28-26-24-22-20-18-16-14-12-10-8-6-4-2/h18,20,38-39H,3-17,19,21-37,43H2,1-2H3,(H,46,47)(H,48,49)/b20-18+. The van der Waals surface area contributed by atoms with Gasteiger partial charge in [-0.1, -0.05) is 167 Å². The number of phosphoric acid groups is 1. The van der Waals surface area contributed by atoms with Crippen molar-refractivity contribution in [2.45, 2.75) is 219 Å². The maximum absolute atomic E-state index is 12.6. The molecule has 12 heteroatoms. The zero-order chi connectivity index (χ0) is 40.0. The zero-order valence-electron chi connectivity index (χ0n) is 34.3. The molecule has 3 unspecified atom stereocenters. The molecule has 0 aromatic carbocycles. The SMILES string of the molecule is CCCCCCCC/C=C/CCCCCCCC(=O)OC(COC(=O)CCCCCCCCCCCCCCCCC)COP(=O)(O)OCC(N)C(=O)O. The first-order valence-corrected chi connectivity index (χ1v) is 23.2. The molecule has 318 valence electrons. The van der Waals surface area contributed by atoms with Crippen molar-refractivity contribution in [3.8, 4) is 0 Å². The monoisotopic (exact) mass is 790 g/mol. The summed E-state index contributed by atoms with van der Waals surface area (Å²) in [6.45, 7) is 2.81. The van der Waals surface area contributed by atoms with E-state index in [-0.39, 0.29) is 19.4 Å². The molecule has 0 aromatic heterocycles. The van der Waals surface area contributed by atoms with E-state index in [1.807, 2.05) is 0 Å². The molecule has 0 aliphatic rings. The summed E-state index contributed by atoms with van der Waals surface area (Å²) in [6.07, 6.45) is 37.0. The number of unbranched alkanes of at least 4 members (excludes halogenated alkanes) is 25. The number of nitrogens with two attached hydrogens (primary N) is 1. The Morgan fingerprint density at radius 1 is 0.556 bits per heavy atom. The first-order valence-electron chi connectivity index (χ1n) is 21.7. The molecule has 0 aliphatic carbocycles. The summed E-state index contributed by atoms with van der Waals surface area (Å²) in [6, 6.07) is -1.52. The van der Waals surface area contributed by atoms with E-state index in [9.17, 15) is 23.8 Å². The molecule has 0 heterocycles. The summed E-state index contributed by atoms with van der Waals surface area (Å²) in [5.41, 5.74) is 5.33. The molecule has 0 rings (SSSR count). The molecule has 54 heavy (non-hydrogen) atoms. The number of phosphoric ester groups is 1. The number of hydrogen-bond acceptors (Lipinski definition) is 9. The highest BCUT2D eigenvalue weighted by molar-refractivity contribution is 7.47. The van der Waals surface area contributed by atoms with Gasteiger partial charge < -0.3 is 25.2 Å². The molecule has 0 bridgehead atoms. The second kappa shape index (κ2) is 38.1. The topological polar surface area (TPSA) is 172 Å². The molecule has 0 radical (unpaired) electrons. The van der Waals surface area contributed by atoms with Gasteiger partial charge in [0.15, 0.2) is 6.10 Å². The van der Waals surface area contributed by atoms with Gasteiger partial charge in [0, 0.05) is 12.8 Å². The van der Waals surface area contributed by atoms with E-state index in [0.717, 1.165) is 57.8 Å². The van der Waals surface area contributed by atoms with E-state index in [1.165, 1.54) is 109 Å². The molecule has 0 fully saturated rings. The minimum Gasteiger partial charge on any atom is -0.480 e. The predicted octanol–water partition coefficient (Wildman–Crippen LogP) is 11.3. The number of allylic oxidation sites excluding steroid dienone is 2. The third-order valence-corrected chi connectivity index (χ3v) is 10.5. The quantitative estimate of drug-likeness (QED) is 0.0233. The van der Waals surface area contributed by atoms with Crippen LogP contribution >= 0.6 is 7.82 Å². The minimum absolute atomic E-state index is 0.155. The van der Waals surface area contributed by atoms with Crippen molar-refractivity contribution in [1.82, 2.24) is 0 Å². The molecule has 0 aromatic rings. The highest BCUT2D eigenvalue weighted by atomic mass is 31.2. The van der Waals surface area contributed by atoms with Gasteiger partial charge in [-0.05, 0) is 38.5 Å². The average Bonchev–Trinajstić information content (AvgIpc) is 3.14. The molecule has 11 nitrogen and oxygen atoms in total. The van der Waals surface area contributed by atoms with Crippen LogP contribution in [0.4, 0.5) is 0 Å². The third-order valence-electron chi connectivity index (χ3n) is 9.51. The number of ether oxygens (including phenoxy) is 2. The number of hydrogen-bond donors (Lipinski definition) is 3. The fraction of sp³-hybridized carbons (Fsp3) is 0.881. The van der Waals surface area contributed by atoms with Gasteiger partial charge in [0.1, 0.15) is 12.6 Å². The minimum atomic E-state index is -4.71. The lowest BCUT2D eigenvalue weighted by atomic mass is 10.0. The Balaban J connectivity index is 4.35. The van der Waals surface area contributed by atoms with Crippen molar-refractivity contribution < 1.29 is 47.5 Å². The molecular formula is C42H80NO10P. The van der Waals surface area contributed by atoms with Crippen LogP contribution in [0, 0.1) is 0 Å². The van der Waals surface area contributed by atoms with Crippen molar-refractivity contribution in [3.05, 3.63) is 12.2 Å². The fourth-order valence-corrected chi connectivity index (χ4v) is 6.84. The van der Waals surface area contributed by atoms with Crippen LogP contribution in [0.25, 0.3) is 0 Å². The summed E-state index contributed by atoms with van der Waals surface area (Å²) in [5.74, 6) is -2.38. The van der Waals surface area contributed by atoms with E-state index in [0.29, 0.717) is 12.8 Å². The van der Waals surface area contributed by atoms with Crippen LogP contribution in [0.5, 0.6) is 0 Å². The maximum atomic E-state index is 12.6. The lowest BCUT2D eigenvalue weighted by Crippen LogP contribution is -2.34. The van der Waals surface area contributed by atoms with E-state index in [4.69, 9.17) is 24.8 Å². The third kappa shape index (κ3) is 37.2. The normalized spacial score (nSPS) is 13.9. The van der Waals surface area contributed by atoms with Gasteiger partial charge in [-0.3, -0.25) is 23.4 Å². The van der Waals surface area contributed by atoms with E-state index < -0.39 is 51.1 Å². The Kier molecular flexibility index (Phi) is 36.9. The Bertz CT molecular complexity index is 979. The molecule has 0 spiro atoms. The number of carbonyl (C=O) groups excluding carboxylic acids is 2. The highest BCUT2D eigenvalue weighted by Crippen LogP contribution is 2.43. The summed E-state index contributed by atoms with van der Waals surface area (Å²) in [5, 5.41) is 8.88. The smallest absolute Gasteiger partial charge is 0.472 e. The molecule has 0 amide bonds. The number of carboxylic acids is 1. The van der Waals surface area contributed by atoms with Crippen LogP contribution in [-0.4, -0.2) is 59.9 Å². The van der Waals surface area contributed by atoms with Crippen LogP contribution in [0.15, 0.2) is 12.2 Å². The van der Waals surface area contributed by atoms with Crippen LogP contribution in [0.3, 0.4) is 0 Å². The average molecular weight is 790 g/mol. The number of rotatable bonds is 41. The highest BCUT2D eigenvalue weighted by Gasteiger charge is 2.28. The van der Waals surface area contributed by atoms with Gasteiger partial charge in [-0.25, -0.2) is 4.57 Å². The first kappa shape index (κ1) is 52.2. The molecular weight excluding hydrogens is 709 g/mol. The predicted molar refractivity (Wildman–Crippen MR) is 217 cm³/mol. The van der Waals surface area contributed by atoms with Crippen molar-refractivity contribution in [1.29, 1.82) is 0 Å². The Morgan fingerprint density at radius 2 is 0.926 bits per heavy atom. The molecule has 0 saturated carbocycles. The lowest BCUT2D eigenvalue weighted by molar-refractivity contribution is -0.161. The Hall–Kier alpha value is -1.78. The summed E-state index contributed by atoms with van der Waals surface area (Å²) in [7, 11) is -4.71. The van der Waals surface area contributed by atoms with Crippen LogP contribution in [0.1, 0.15) is 206 Å². The Labute approximate surface area is 328 Å². The molecule has 0 aliphatic heterocycles. The van der Waals surface area contributed by atoms with Crippen molar-refractivity contribution in [2.24, 2.45) is 5.73 Å². The van der Waals surface area contributed by atoms with Crippen LogP contribution in [-0.2, 0) is 37.5 Å². The van der Waals surface area contributed by atoms with Crippen molar-refractivity contribution in [3.63, 3.8) is 0 Å². The largest absolute Gasteiger partial charge is 0.480 e. The lowest BCUT2D eigenvalue weighted by Gasteiger charge is -2.20. The van der Waals surface area contributed by atoms with E-state index in [1.54, 1.807) is 0 Å². The van der Waals surface area contributed by atoms with Crippen molar-refractivity contribution in [2.75, 3.05) is 19.8 Å². The summed E-state index contributed by atoms with van der Waals surface area (Å²) < 4.78 is 32.7. The number of aliphatic carboxylic acids is 1. The van der Waals surface area contributed by atoms with E-state index in [2.05, 4.69) is 30.5 Å².